The summed E-state index contributed by atoms with van der Waals surface area (Å²) in [5.41, 5.74) is 4.59. The number of halogens is 6. The lowest BCUT2D eigenvalue weighted by molar-refractivity contribution is -0.137. The van der Waals surface area contributed by atoms with E-state index in [9.17, 15) is 13.2 Å². The molecule has 1 aromatic carbocycles. The Labute approximate surface area is 168 Å². The summed E-state index contributed by atoms with van der Waals surface area (Å²) < 4.78 is 36.6. The normalized spacial score (nSPS) is 12.8. The predicted molar refractivity (Wildman–Crippen MR) is 101 cm³/mol. The first-order valence-corrected chi connectivity index (χ1v) is 8.68. The van der Waals surface area contributed by atoms with Gasteiger partial charge in [0, 0.05) is 17.8 Å². The van der Waals surface area contributed by atoms with Crippen molar-refractivity contribution in [1.82, 2.24) is 15.0 Å². The Bertz CT molecular complexity index is 803. The molecule has 148 valence electrons. The van der Waals surface area contributed by atoms with Crippen LogP contribution in [0.25, 0.3) is 0 Å². The molecule has 1 heterocycles. The fourth-order valence-corrected chi connectivity index (χ4v) is 2.10. The third-order valence-electron chi connectivity index (χ3n) is 3.04. The van der Waals surface area contributed by atoms with E-state index in [0.717, 1.165) is 12.1 Å². The van der Waals surface area contributed by atoms with Crippen LogP contribution in [-0.2, 0) is 9.97 Å². The minimum Gasteiger partial charge on any atom is -0.352 e. The largest absolute Gasteiger partial charge is 0.416 e. The molecule has 0 saturated heterocycles. The molecule has 0 aliphatic carbocycles. The lowest BCUT2D eigenvalue weighted by Crippen LogP contribution is -2.40. The molecule has 1 aromatic heterocycles. The SMILES string of the molecule is CC(C)(N)CNc1nc(Nc2cccc(C(F)(F)F)c2)nc(C(Cl)(Cl)Cl)n1. The molecule has 0 bridgehead atoms. The van der Waals surface area contributed by atoms with Crippen LogP contribution in [0.5, 0.6) is 0 Å². The minimum atomic E-state index is -4.49. The fraction of sp³-hybridized carbons (Fsp3) is 0.400. The van der Waals surface area contributed by atoms with Crippen LogP contribution in [0.1, 0.15) is 25.2 Å². The molecule has 0 saturated carbocycles. The van der Waals surface area contributed by atoms with Crippen molar-refractivity contribution in [2.24, 2.45) is 5.73 Å². The fourth-order valence-electron chi connectivity index (χ4n) is 1.85. The summed E-state index contributed by atoms with van der Waals surface area (Å²) in [7, 11) is 0. The van der Waals surface area contributed by atoms with Gasteiger partial charge in [0.1, 0.15) is 0 Å². The molecule has 4 N–H and O–H groups in total. The van der Waals surface area contributed by atoms with E-state index in [4.69, 9.17) is 40.5 Å². The molecule has 0 aliphatic rings. The van der Waals surface area contributed by atoms with E-state index >= 15 is 0 Å². The highest BCUT2D eigenvalue weighted by Gasteiger charge is 2.31. The highest BCUT2D eigenvalue weighted by atomic mass is 35.6. The first-order valence-electron chi connectivity index (χ1n) is 7.54. The quantitative estimate of drug-likeness (QED) is 0.585. The summed E-state index contributed by atoms with van der Waals surface area (Å²) >= 11 is 17.5. The van der Waals surface area contributed by atoms with Gasteiger partial charge in [-0.05, 0) is 32.0 Å². The van der Waals surface area contributed by atoms with Crippen molar-refractivity contribution in [2.75, 3.05) is 17.2 Å². The number of aromatic nitrogens is 3. The number of alkyl halides is 6. The van der Waals surface area contributed by atoms with Crippen molar-refractivity contribution in [3.05, 3.63) is 35.7 Å². The summed E-state index contributed by atoms with van der Waals surface area (Å²) in [5.74, 6) is -0.239. The van der Waals surface area contributed by atoms with Crippen molar-refractivity contribution in [1.29, 1.82) is 0 Å². The number of anilines is 3. The molecule has 0 unspecified atom stereocenters. The van der Waals surface area contributed by atoms with Crippen molar-refractivity contribution in [2.45, 2.75) is 29.4 Å². The van der Waals surface area contributed by atoms with Crippen molar-refractivity contribution >= 4 is 52.4 Å². The van der Waals surface area contributed by atoms with E-state index in [1.807, 2.05) is 0 Å². The van der Waals surface area contributed by atoms with Crippen LogP contribution in [0.4, 0.5) is 30.8 Å². The second kappa shape index (κ2) is 7.83. The molecule has 12 heteroatoms. The topological polar surface area (TPSA) is 88.8 Å². The zero-order valence-corrected chi connectivity index (χ0v) is 16.5. The molecule has 0 aliphatic heterocycles. The predicted octanol–water partition coefficient (Wildman–Crippen LogP) is 4.61. The van der Waals surface area contributed by atoms with Gasteiger partial charge in [0.05, 0.1) is 5.56 Å². The first kappa shape index (κ1) is 21.7. The van der Waals surface area contributed by atoms with Crippen LogP contribution >= 0.6 is 34.8 Å². The maximum Gasteiger partial charge on any atom is 0.416 e. The van der Waals surface area contributed by atoms with Crippen molar-refractivity contribution in [3.63, 3.8) is 0 Å². The van der Waals surface area contributed by atoms with Gasteiger partial charge in [-0.2, -0.15) is 28.1 Å². The van der Waals surface area contributed by atoms with Crippen LogP contribution < -0.4 is 16.4 Å². The molecule has 6 nitrogen and oxygen atoms in total. The van der Waals surface area contributed by atoms with E-state index in [1.165, 1.54) is 12.1 Å². The zero-order valence-electron chi connectivity index (χ0n) is 14.2. The maximum atomic E-state index is 12.9. The van der Waals surface area contributed by atoms with Gasteiger partial charge >= 0.3 is 6.18 Å². The number of benzene rings is 1. The lowest BCUT2D eigenvalue weighted by Gasteiger charge is -2.20. The summed E-state index contributed by atoms with van der Waals surface area (Å²) in [5, 5.41) is 5.53. The van der Waals surface area contributed by atoms with E-state index in [2.05, 4.69) is 25.6 Å². The third kappa shape index (κ3) is 6.84. The van der Waals surface area contributed by atoms with Gasteiger partial charge in [-0.1, -0.05) is 40.9 Å². The Morgan fingerprint density at radius 3 is 2.22 bits per heavy atom. The summed E-state index contributed by atoms with van der Waals surface area (Å²) in [4.78, 5) is 12.0. The van der Waals surface area contributed by atoms with Gasteiger partial charge < -0.3 is 16.4 Å². The smallest absolute Gasteiger partial charge is 0.352 e. The molecule has 0 fully saturated rings. The summed E-state index contributed by atoms with van der Waals surface area (Å²) in [6.07, 6.45) is -4.49. The zero-order chi connectivity index (χ0) is 20.5. The second-order valence-corrected chi connectivity index (χ2v) is 8.63. The van der Waals surface area contributed by atoms with Crippen LogP contribution in [0.3, 0.4) is 0 Å². The highest BCUT2D eigenvalue weighted by molar-refractivity contribution is 6.66. The number of hydrogen-bond acceptors (Lipinski definition) is 6. The van der Waals surface area contributed by atoms with Gasteiger partial charge in [0.25, 0.3) is 0 Å². The van der Waals surface area contributed by atoms with E-state index in [0.29, 0.717) is 6.54 Å². The first-order chi connectivity index (χ1) is 12.2. The Morgan fingerprint density at radius 2 is 1.67 bits per heavy atom. The molecule has 0 spiro atoms. The molecule has 27 heavy (non-hydrogen) atoms. The van der Waals surface area contributed by atoms with E-state index in [1.54, 1.807) is 13.8 Å². The number of rotatable bonds is 5. The second-order valence-electron chi connectivity index (χ2n) is 6.35. The molecule has 2 aromatic rings. The average molecular weight is 444 g/mol. The van der Waals surface area contributed by atoms with Gasteiger partial charge in [0.15, 0.2) is 5.82 Å². The number of nitrogens with two attached hydrogens (primary N) is 1. The van der Waals surface area contributed by atoms with Crippen LogP contribution in [0.15, 0.2) is 24.3 Å². The van der Waals surface area contributed by atoms with Gasteiger partial charge in [-0.3, -0.25) is 0 Å². The molecular weight excluding hydrogens is 428 g/mol. The average Bonchev–Trinajstić information content (AvgIpc) is 2.51. The summed E-state index contributed by atoms with van der Waals surface area (Å²) in [6, 6.07) is 4.53. The van der Waals surface area contributed by atoms with E-state index < -0.39 is 21.1 Å². The van der Waals surface area contributed by atoms with Crippen molar-refractivity contribution in [3.8, 4) is 0 Å². The molecule has 0 radical (unpaired) electrons. The maximum absolute atomic E-state index is 12.9. The minimum absolute atomic E-state index is 0.0549. The van der Waals surface area contributed by atoms with E-state index in [-0.39, 0.29) is 23.4 Å². The molecule has 0 amide bonds. The summed E-state index contributed by atoms with van der Waals surface area (Å²) in [6.45, 7) is 3.84. The third-order valence-corrected chi connectivity index (χ3v) is 3.54. The number of nitrogens with one attached hydrogen (secondary N) is 2. The monoisotopic (exact) mass is 442 g/mol. The standard InChI is InChI=1S/C15H16Cl3F3N6/c1-13(2,22)7-23-11-25-10(14(16,17)18)26-12(27-11)24-9-5-3-4-8(6-9)15(19,20)21/h3-6H,7,22H2,1-2H3,(H2,23,24,25,26,27). The number of nitrogens with zero attached hydrogens (tertiary/aromatic N) is 3. The lowest BCUT2D eigenvalue weighted by atomic mass is 10.1. The van der Waals surface area contributed by atoms with Crippen molar-refractivity contribution < 1.29 is 13.2 Å². The molecule has 2 rings (SSSR count). The van der Waals surface area contributed by atoms with Gasteiger partial charge in [-0.25, -0.2) is 0 Å². The Balaban J connectivity index is 2.35. The van der Waals surface area contributed by atoms with Gasteiger partial charge in [-0.15, -0.1) is 0 Å². The Hall–Kier alpha value is -1.55. The van der Waals surface area contributed by atoms with Crippen LogP contribution in [0, 0.1) is 0 Å². The van der Waals surface area contributed by atoms with Crippen LogP contribution in [-0.4, -0.2) is 27.0 Å². The molecule has 0 atom stereocenters. The number of hydrogen-bond donors (Lipinski definition) is 3. The van der Waals surface area contributed by atoms with Crippen LogP contribution in [0.2, 0.25) is 0 Å². The Morgan fingerprint density at radius 1 is 1.04 bits per heavy atom. The molecular formula is C15H16Cl3F3N6. The Kier molecular flexibility index (Phi) is 6.30. The highest BCUT2D eigenvalue weighted by Crippen LogP contribution is 2.37. The van der Waals surface area contributed by atoms with Gasteiger partial charge in [0.2, 0.25) is 15.7 Å².